The summed E-state index contributed by atoms with van der Waals surface area (Å²) in [6.07, 6.45) is 1.31. The highest BCUT2D eigenvalue weighted by Crippen LogP contribution is 2.33. The predicted molar refractivity (Wildman–Crippen MR) is 82.6 cm³/mol. The molecule has 0 N–H and O–H groups in total. The molecule has 6 nitrogen and oxygen atoms in total. The summed E-state index contributed by atoms with van der Waals surface area (Å²) < 4.78 is 5.38. The van der Waals surface area contributed by atoms with Crippen molar-refractivity contribution in [3.63, 3.8) is 0 Å². The van der Waals surface area contributed by atoms with E-state index in [-0.39, 0.29) is 0 Å². The van der Waals surface area contributed by atoms with Crippen molar-refractivity contribution in [1.29, 1.82) is 0 Å². The van der Waals surface area contributed by atoms with Crippen molar-refractivity contribution in [2.24, 2.45) is 5.92 Å². The fourth-order valence-corrected chi connectivity index (χ4v) is 2.49. The maximum absolute atomic E-state index is 12.6. The summed E-state index contributed by atoms with van der Waals surface area (Å²) in [5.74, 6) is -0.638. The van der Waals surface area contributed by atoms with Gasteiger partial charge in [0.2, 0.25) is 0 Å². The third-order valence-electron chi connectivity index (χ3n) is 3.75. The molecule has 23 heavy (non-hydrogen) atoms. The van der Waals surface area contributed by atoms with Gasteiger partial charge < -0.3 is 4.74 Å². The molecule has 0 saturated heterocycles. The van der Waals surface area contributed by atoms with Crippen LogP contribution in [0.3, 0.4) is 0 Å². The minimum Gasteiger partial charge on any atom is -0.442 e. The quantitative estimate of drug-likeness (QED) is 0.804. The number of carbonyl (C=O) groups excluding carboxylic acids is 3. The van der Waals surface area contributed by atoms with Crippen LogP contribution in [-0.2, 0) is 4.74 Å². The van der Waals surface area contributed by atoms with Gasteiger partial charge in [-0.3, -0.25) is 9.59 Å². The second kappa shape index (κ2) is 5.37. The van der Waals surface area contributed by atoms with E-state index in [1.165, 1.54) is 0 Å². The zero-order valence-electron chi connectivity index (χ0n) is 13.5. The molecule has 122 valence electrons. The number of imide groups is 1. The average molecular weight is 316 g/mol. The van der Waals surface area contributed by atoms with Gasteiger partial charge in [-0.1, -0.05) is 12.1 Å². The fourth-order valence-electron chi connectivity index (χ4n) is 2.49. The number of carbonyl (C=O) groups is 3. The monoisotopic (exact) mass is 316 g/mol. The lowest BCUT2D eigenvalue weighted by Gasteiger charge is -2.32. The second-order valence-corrected chi connectivity index (χ2v) is 6.97. The highest BCUT2D eigenvalue weighted by Gasteiger charge is 2.44. The van der Waals surface area contributed by atoms with Gasteiger partial charge in [-0.25, -0.2) is 9.80 Å². The van der Waals surface area contributed by atoms with Crippen molar-refractivity contribution >= 4 is 17.9 Å². The number of nitrogens with zero attached hydrogens (tertiary/aromatic N) is 2. The highest BCUT2D eigenvalue weighted by atomic mass is 16.6. The minimum absolute atomic E-state index is 0.312. The van der Waals surface area contributed by atoms with E-state index in [2.05, 4.69) is 0 Å². The molecule has 3 rings (SSSR count). The molecule has 1 saturated carbocycles. The molecule has 0 unspecified atom stereocenters. The highest BCUT2D eigenvalue weighted by molar-refractivity contribution is 6.21. The van der Waals surface area contributed by atoms with Crippen LogP contribution in [0.15, 0.2) is 24.3 Å². The first-order chi connectivity index (χ1) is 10.8. The number of hydrogen-bond acceptors (Lipinski definition) is 4. The SMILES string of the molecule is CC(C)(C)OC(=O)N(CC1CC1)N1C(=O)c2ccccc2C1=O. The molecule has 1 aliphatic carbocycles. The van der Waals surface area contributed by atoms with Gasteiger partial charge in [0.05, 0.1) is 11.1 Å². The molecule has 2 aliphatic rings. The molecule has 0 spiro atoms. The Hall–Kier alpha value is -2.37. The third kappa shape index (κ3) is 3.06. The van der Waals surface area contributed by atoms with Crippen molar-refractivity contribution in [3.05, 3.63) is 35.4 Å². The molecule has 1 aromatic rings. The molecule has 0 bridgehead atoms. The summed E-state index contributed by atoms with van der Waals surface area (Å²) in [5.41, 5.74) is -0.0545. The molecule has 0 radical (unpaired) electrons. The Morgan fingerprint density at radius 2 is 1.70 bits per heavy atom. The van der Waals surface area contributed by atoms with Crippen LogP contribution in [0.25, 0.3) is 0 Å². The third-order valence-corrected chi connectivity index (χ3v) is 3.75. The van der Waals surface area contributed by atoms with Crippen LogP contribution < -0.4 is 0 Å². The van der Waals surface area contributed by atoms with Crippen LogP contribution in [0.4, 0.5) is 4.79 Å². The Labute approximate surface area is 135 Å². The average Bonchev–Trinajstić information content (AvgIpc) is 3.24. The lowest BCUT2D eigenvalue weighted by Crippen LogP contribution is -2.52. The van der Waals surface area contributed by atoms with Gasteiger partial charge in [-0.15, -0.1) is 0 Å². The van der Waals surface area contributed by atoms with Gasteiger partial charge in [0.15, 0.2) is 0 Å². The number of benzene rings is 1. The van der Waals surface area contributed by atoms with E-state index in [1.807, 2.05) is 0 Å². The largest absolute Gasteiger partial charge is 0.442 e. The van der Waals surface area contributed by atoms with E-state index < -0.39 is 23.5 Å². The molecule has 0 atom stereocenters. The number of fused-ring (bicyclic) bond motifs is 1. The zero-order valence-corrected chi connectivity index (χ0v) is 13.5. The zero-order chi connectivity index (χ0) is 16.8. The number of hydrazine groups is 1. The van der Waals surface area contributed by atoms with Gasteiger partial charge in [-0.05, 0) is 51.7 Å². The summed E-state index contributed by atoms with van der Waals surface area (Å²) in [7, 11) is 0. The topological polar surface area (TPSA) is 66.9 Å². The molecule has 1 aliphatic heterocycles. The summed E-state index contributed by atoms with van der Waals surface area (Å²) >= 11 is 0. The van der Waals surface area contributed by atoms with Crippen molar-refractivity contribution in [1.82, 2.24) is 10.0 Å². The van der Waals surface area contributed by atoms with Crippen LogP contribution in [0.2, 0.25) is 0 Å². The Balaban J connectivity index is 1.90. The summed E-state index contributed by atoms with van der Waals surface area (Å²) in [6, 6.07) is 6.60. The van der Waals surface area contributed by atoms with Crippen molar-refractivity contribution in [3.8, 4) is 0 Å². The Bertz CT molecular complexity index is 638. The number of rotatable bonds is 3. The van der Waals surface area contributed by atoms with Crippen molar-refractivity contribution in [2.45, 2.75) is 39.2 Å². The summed E-state index contributed by atoms with van der Waals surface area (Å²) in [4.78, 5) is 37.7. The molecule has 1 fully saturated rings. The number of hydrogen-bond donors (Lipinski definition) is 0. The Kier molecular flexibility index (Phi) is 3.62. The summed E-state index contributed by atoms with van der Waals surface area (Å²) in [5, 5.41) is 2.09. The van der Waals surface area contributed by atoms with Crippen LogP contribution in [-0.4, -0.2) is 40.1 Å². The smallest absolute Gasteiger partial charge is 0.429 e. The van der Waals surface area contributed by atoms with Crippen LogP contribution in [0.1, 0.15) is 54.3 Å². The van der Waals surface area contributed by atoms with E-state index in [0.29, 0.717) is 23.6 Å². The molecule has 3 amide bonds. The van der Waals surface area contributed by atoms with Gasteiger partial charge in [0.25, 0.3) is 11.8 Å². The van der Waals surface area contributed by atoms with E-state index in [0.717, 1.165) is 22.9 Å². The first-order valence-electron chi connectivity index (χ1n) is 7.76. The van der Waals surface area contributed by atoms with E-state index in [9.17, 15) is 14.4 Å². The fraction of sp³-hybridized carbons (Fsp3) is 0.471. The number of amides is 3. The minimum atomic E-state index is -0.697. The lowest BCUT2D eigenvalue weighted by molar-refractivity contribution is -0.0302. The Morgan fingerprint density at radius 3 is 2.13 bits per heavy atom. The van der Waals surface area contributed by atoms with Gasteiger partial charge >= 0.3 is 6.09 Å². The normalized spacial score (nSPS) is 17.3. The van der Waals surface area contributed by atoms with Gasteiger partial charge in [0.1, 0.15) is 5.60 Å². The molecule has 0 aromatic heterocycles. The second-order valence-electron chi connectivity index (χ2n) is 6.97. The maximum atomic E-state index is 12.6. The van der Waals surface area contributed by atoms with Crippen LogP contribution in [0, 0.1) is 5.92 Å². The number of ether oxygens (including phenoxy) is 1. The van der Waals surface area contributed by atoms with Crippen LogP contribution in [0.5, 0.6) is 0 Å². The van der Waals surface area contributed by atoms with E-state index >= 15 is 0 Å². The molecule has 1 aromatic carbocycles. The van der Waals surface area contributed by atoms with E-state index in [4.69, 9.17) is 4.74 Å². The molecular formula is C17H20N2O4. The van der Waals surface area contributed by atoms with Crippen molar-refractivity contribution < 1.29 is 19.1 Å². The molecule has 6 heteroatoms. The van der Waals surface area contributed by atoms with E-state index in [1.54, 1.807) is 45.0 Å². The lowest BCUT2D eigenvalue weighted by atomic mass is 10.1. The van der Waals surface area contributed by atoms with Crippen molar-refractivity contribution in [2.75, 3.05) is 6.54 Å². The Morgan fingerprint density at radius 1 is 1.17 bits per heavy atom. The van der Waals surface area contributed by atoms with Crippen LogP contribution >= 0.6 is 0 Å². The van der Waals surface area contributed by atoms with Gasteiger partial charge in [-0.2, -0.15) is 5.01 Å². The summed E-state index contributed by atoms with van der Waals surface area (Å²) in [6.45, 7) is 5.58. The standard InChI is InChI=1S/C17H20N2O4/c1-17(2,3)23-16(22)18(10-11-8-9-11)19-14(20)12-6-4-5-7-13(12)15(19)21/h4-7,11H,8-10H2,1-3H3. The molecular weight excluding hydrogens is 296 g/mol. The first kappa shape index (κ1) is 15.5. The molecule has 1 heterocycles. The first-order valence-corrected chi connectivity index (χ1v) is 7.76. The maximum Gasteiger partial charge on any atom is 0.429 e. The van der Waals surface area contributed by atoms with Gasteiger partial charge in [0, 0.05) is 6.54 Å². The predicted octanol–water partition coefficient (Wildman–Crippen LogP) is 2.84.